The Morgan fingerprint density at radius 1 is 1.63 bits per heavy atom. The first kappa shape index (κ1) is 13.7. The third-order valence-corrected chi connectivity index (χ3v) is 3.07. The summed E-state index contributed by atoms with van der Waals surface area (Å²) in [6.45, 7) is -0.0323. The molecule has 0 radical (unpaired) electrons. The van der Waals surface area contributed by atoms with Gasteiger partial charge in [0.25, 0.3) is 11.6 Å². The summed E-state index contributed by atoms with van der Waals surface area (Å²) in [7, 11) is 0. The molecule has 0 aromatic carbocycles. The summed E-state index contributed by atoms with van der Waals surface area (Å²) in [4.78, 5) is 27.6. The van der Waals surface area contributed by atoms with E-state index in [1.54, 1.807) is 0 Å². The van der Waals surface area contributed by atoms with Crippen molar-refractivity contribution >= 4 is 23.2 Å². The Morgan fingerprint density at radius 3 is 2.84 bits per heavy atom. The molecule has 1 heterocycles. The number of carbonyl (C=O) groups excluding carboxylic acids is 1. The van der Waals surface area contributed by atoms with Crippen LogP contribution in [0.2, 0.25) is 5.15 Å². The van der Waals surface area contributed by atoms with E-state index in [2.05, 4.69) is 4.98 Å². The molecule has 1 aromatic rings. The van der Waals surface area contributed by atoms with E-state index in [0.717, 1.165) is 19.0 Å². The molecule has 1 aliphatic rings. The molecule has 1 aromatic heterocycles. The summed E-state index contributed by atoms with van der Waals surface area (Å²) >= 11 is 5.69. The number of hydrogen-bond acceptors (Lipinski definition) is 5. The number of rotatable bonds is 5. The average molecular weight is 286 g/mol. The van der Waals surface area contributed by atoms with Gasteiger partial charge >= 0.3 is 0 Å². The second-order valence-corrected chi connectivity index (χ2v) is 4.62. The number of halogens is 1. The maximum atomic E-state index is 12.3. The second kappa shape index (κ2) is 5.50. The third kappa shape index (κ3) is 2.99. The van der Waals surface area contributed by atoms with Crippen LogP contribution in [0.15, 0.2) is 12.3 Å². The van der Waals surface area contributed by atoms with Crippen LogP contribution in [0.4, 0.5) is 5.69 Å². The Hall–Kier alpha value is -1.73. The Morgan fingerprint density at radius 2 is 2.32 bits per heavy atom. The van der Waals surface area contributed by atoms with E-state index < -0.39 is 10.8 Å². The molecule has 2 rings (SSSR count). The lowest BCUT2D eigenvalue weighted by Crippen LogP contribution is -2.35. The Labute approximate surface area is 114 Å². The van der Waals surface area contributed by atoms with Crippen molar-refractivity contribution < 1.29 is 14.8 Å². The van der Waals surface area contributed by atoms with Gasteiger partial charge in [0.05, 0.1) is 11.5 Å². The van der Waals surface area contributed by atoms with Crippen LogP contribution >= 0.6 is 11.6 Å². The van der Waals surface area contributed by atoms with Crippen molar-refractivity contribution in [3.05, 3.63) is 33.1 Å². The molecule has 19 heavy (non-hydrogen) atoms. The van der Waals surface area contributed by atoms with E-state index in [9.17, 15) is 14.9 Å². The number of nitro groups is 1. The number of carbonyl (C=O) groups is 1. The first-order chi connectivity index (χ1) is 9.04. The molecule has 0 bridgehead atoms. The van der Waals surface area contributed by atoms with E-state index in [1.807, 2.05) is 0 Å². The van der Waals surface area contributed by atoms with Gasteiger partial charge in [0.15, 0.2) is 0 Å². The standard InChI is InChI=1S/C11H12ClN3O4/c12-10-5-8(9(6-13-10)15(18)19)11(17)14(3-4-16)7-1-2-7/h5-7,16H,1-4H2. The van der Waals surface area contributed by atoms with Gasteiger partial charge in [-0.05, 0) is 18.9 Å². The molecular formula is C11H12ClN3O4. The number of aliphatic hydroxyl groups excluding tert-OH is 1. The molecule has 0 spiro atoms. The SMILES string of the molecule is O=C(c1cc(Cl)ncc1[N+](=O)[O-])N(CCO)C1CC1. The molecule has 0 unspecified atom stereocenters. The molecule has 8 heteroatoms. The highest BCUT2D eigenvalue weighted by Gasteiger charge is 2.35. The van der Waals surface area contributed by atoms with E-state index >= 15 is 0 Å². The van der Waals surface area contributed by atoms with Gasteiger partial charge in [0.1, 0.15) is 16.9 Å². The van der Waals surface area contributed by atoms with Crippen LogP contribution in [0.5, 0.6) is 0 Å². The zero-order valence-electron chi connectivity index (χ0n) is 9.95. The van der Waals surface area contributed by atoms with E-state index in [0.29, 0.717) is 0 Å². The minimum atomic E-state index is -0.666. The van der Waals surface area contributed by atoms with Gasteiger partial charge in [0.2, 0.25) is 0 Å². The van der Waals surface area contributed by atoms with Crippen LogP contribution in [0.1, 0.15) is 23.2 Å². The van der Waals surface area contributed by atoms with Crippen LogP contribution in [-0.4, -0.2) is 45.0 Å². The van der Waals surface area contributed by atoms with Crippen LogP contribution in [0.25, 0.3) is 0 Å². The van der Waals surface area contributed by atoms with Crippen molar-refractivity contribution in [1.82, 2.24) is 9.88 Å². The number of amides is 1. The fourth-order valence-corrected chi connectivity index (χ4v) is 2.00. The Bertz CT molecular complexity index is 519. The molecule has 0 saturated heterocycles. The van der Waals surface area contributed by atoms with Gasteiger partial charge in [-0.2, -0.15) is 0 Å². The van der Waals surface area contributed by atoms with Crippen molar-refractivity contribution in [3.8, 4) is 0 Å². The van der Waals surface area contributed by atoms with Gasteiger partial charge in [0, 0.05) is 12.6 Å². The summed E-state index contributed by atoms with van der Waals surface area (Å²) in [6, 6.07) is 1.24. The predicted octanol–water partition coefficient (Wildman–Crippen LogP) is 1.24. The summed E-state index contributed by atoms with van der Waals surface area (Å²) in [5, 5.41) is 19.9. The van der Waals surface area contributed by atoms with Gasteiger partial charge in [-0.3, -0.25) is 14.9 Å². The monoisotopic (exact) mass is 285 g/mol. The molecule has 1 saturated carbocycles. The van der Waals surface area contributed by atoms with Crippen molar-refractivity contribution in [2.24, 2.45) is 0 Å². The Balaban J connectivity index is 2.35. The third-order valence-electron chi connectivity index (χ3n) is 2.87. The lowest BCUT2D eigenvalue weighted by Gasteiger charge is -2.21. The van der Waals surface area contributed by atoms with Crippen LogP contribution < -0.4 is 0 Å². The zero-order valence-corrected chi connectivity index (χ0v) is 10.7. The first-order valence-corrected chi connectivity index (χ1v) is 6.14. The van der Waals surface area contributed by atoms with E-state index in [4.69, 9.17) is 16.7 Å². The van der Waals surface area contributed by atoms with Gasteiger partial charge in [-0.15, -0.1) is 0 Å². The number of aromatic nitrogens is 1. The highest BCUT2D eigenvalue weighted by Crippen LogP contribution is 2.30. The highest BCUT2D eigenvalue weighted by atomic mass is 35.5. The first-order valence-electron chi connectivity index (χ1n) is 5.76. The second-order valence-electron chi connectivity index (χ2n) is 4.23. The summed E-state index contributed by atoms with van der Waals surface area (Å²) < 4.78 is 0. The quantitative estimate of drug-likeness (QED) is 0.499. The average Bonchev–Trinajstić information content (AvgIpc) is 3.19. The minimum Gasteiger partial charge on any atom is -0.395 e. The van der Waals surface area contributed by atoms with Crippen LogP contribution in [-0.2, 0) is 0 Å². The number of aliphatic hydroxyl groups is 1. The fraction of sp³-hybridized carbons (Fsp3) is 0.455. The minimum absolute atomic E-state index is 0.0219. The molecule has 0 aliphatic heterocycles. The van der Waals surface area contributed by atoms with Crippen molar-refractivity contribution in [1.29, 1.82) is 0 Å². The van der Waals surface area contributed by atoms with Gasteiger partial charge in [-0.1, -0.05) is 11.6 Å². The lowest BCUT2D eigenvalue weighted by atomic mass is 10.2. The molecule has 1 fully saturated rings. The van der Waals surface area contributed by atoms with Crippen molar-refractivity contribution in [2.45, 2.75) is 18.9 Å². The fourth-order valence-electron chi connectivity index (χ4n) is 1.84. The summed E-state index contributed by atoms with van der Waals surface area (Å²) in [6.07, 6.45) is 2.66. The number of pyridine rings is 1. The summed E-state index contributed by atoms with van der Waals surface area (Å²) in [5.41, 5.74) is -0.469. The smallest absolute Gasteiger partial charge is 0.300 e. The molecule has 1 N–H and O–H groups in total. The van der Waals surface area contributed by atoms with E-state index in [-0.39, 0.29) is 35.6 Å². The van der Waals surface area contributed by atoms with Crippen molar-refractivity contribution in [3.63, 3.8) is 0 Å². The topological polar surface area (TPSA) is 96.6 Å². The normalized spacial score (nSPS) is 14.2. The summed E-state index contributed by atoms with van der Waals surface area (Å²) in [5.74, 6) is -0.493. The predicted molar refractivity (Wildman–Crippen MR) is 67.0 cm³/mol. The van der Waals surface area contributed by atoms with Crippen molar-refractivity contribution in [2.75, 3.05) is 13.2 Å². The maximum absolute atomic E-state index is 12.3. The zero-order chi connectivity index (χ0) is 14.0. The number of nitrogens with zero attached hydrogens (tertiary/aromatic N) is 3. The lowest BCUT2D eigenvalue weighted by molar-refractivity contribution is -0.385. The van der Waals surface area contributed by atoms with Gasteiger partial charge < -0.3 is 10.0 Å². The van der Waals surface area contributed by atoms with Crippen LogP contribution in [0, 0.1) is 10.1 Å². The highest BCUT2D eigenvalue weighted by molar-refractivity contribution is 6.29. The molecule has 0 atom stereocenters. The molecule has 1 aliphatic carbocycles. The number of hydrogen-bond donors (Lipinski definition) is 1. The largest absolute Gasteiger partial charge is 0.395 e. The molecular weight excluding hydrogens is 274 g/mol. The molecule has 1 amide bonds. The molecule has 7 nitrogen and oxygen atoms in total. The maximum Gasteiger partial charge on any atom is 0.300 e. The Kier molecular flexibility index (Phi) is 3.96. The molecule has 102 valence electrons. The van der Waals surface area contributed by atoms with E-state index in [1.165, 1.54) is 11.0 Å². The van der Waals surface area contributed by atoms with Gasteiger partial charge in [-0.25, -0.2) is 4.98 Å². The van der Waals surface area contributed by atoms with Crippen LogP contribution in [0.3, 0.4) is 0 Å².